The van der Waals surface area contributed by atoms with Gasteiger partial charge in [0.2, 0.25) is 11.8 Å². The fourth-order valence-electron chi connectivity index (χ4n) is 1.47. The summed E-state index contributed by atoms with van der Waals surface area (Å²) in [5, 5.41) is 22.1. The Balaban J connectivity index is 2.48. The first-order chi connectivity index (χ1) is 7.54. The lowest BCUT2D eigenvalue weighted by Crippen LogP contribution is -2.49. The van der Waals surface area contributed by atoms with Gasteiger partial charge in [-0.3, -0.25) is 9.59 Å². The van der Waals surface area contributed by atoms with Crippen molar-refractivity contribution in [2.24, 2.45) is 0 Å². The van der Waals surface area contributed by atoms with Gasteiger partial charge in [0, 0.05) is 19.4 Å². The number of aliphatic carboxylic acids is 1. The second-order valence-electron chi connectivity index (χ2n) is 3.57. The van der Waals surface area contributed by atoms with Crippen LogP contribution in [0.3, 0.4) is 0 Å². The minimum absolute atomic E-state index is 0.0538. The van der Waals surface area contributed by atoms with Gasteiger partial charge in [-0.25, -0.2) is 4.79 Å². The summed E-state index contributed by atoms with van der Waals surface area (Å²) in [7, 11) is 0. The molecular formula is C9H14N2O5. The van der Waals surface area contributed by atoms with E-state index in [9.17, 15) is 14.4 Å². The Morgan fingerprint density at radius 2 is 2.25 bits per heavy atom. The summed E-state index contributed by atoms with van der Waals surface area (Å²) in [4.78, 5) is 33.1. The second kappa shape index (κ2) is 5.45. The highest BCUT2D eigenvalue weighted by molar-refractivity contribution is 5.92. The molecule has 1 aliphatic heterocycles. The lowest BCUT2D eigenvalue weighted by atomic mass is 10.1. The van der Waals surface area contributed by atoms with E-state index < -0.39 is 24.0 Å². The summed E-state index contributed by atoms with van der Waals surface area (Å²) in [6.45, 7) is -0.325. The summed E-state index contributed by atoms with van der Waals surface area (Å²) in [5.41, 5.74) is 0. The van der Waals surface area contributed by atoms with E-state index in [0.29, 0.717) is 6.42 Å². The molecule has 0 aromatic heterocycles. The molecule has 0 bridgehead atoms. The van der Waals surface area contributed by atoms with E-state index in [1.54, 1.807) is 0 Å². The number of hydrogen-bond acceptors (Lipinski definition) is 4. The number of aliphatic hydroxyl groups excluding tert-OH is 1. The molecule has 7 nitrogen and oxygen atoms in total. The number of aliphatic hydroxyl groups is 1. The van der Waals surface area contributed by atoms with Crippen LogP contribution in [0, 0.1) is 0 Å². The lowest BCUT2D eigenvalue weighted by molar-refractivity contribution is -0.142. The summed E-state index contributed by atoms with van der Waals surface area (Å²) < 4.78 is 0. The number of nitrogens with one attached hydrogen (secondary N) is 2. The van der Waals surface area contributed by atoms with Gasteiger partial charge in [0.15, 0.2) is 0 Å². The number of carbonyl (C=O) groups excluding carboxylic acids is 2. The Morgan fingerprint density at radius 1 is 1.56 bits per heavy atom. The second-order valence-corrected chi connectivity index (χ2v) is 3.57. The Bertz CT molecular complexity index is 304. The first kappa shape index (κ1) is 12.4. The predicted molar refractivity (Wildman–Crippen MR) is 52.4 cm³/mol. The molecule has 2 amide bonds. The topological polar surface area (TPSA) is 116 Å². The van der Waals surface area contributed by atoms with Gasteiger partial charge >= 0.3 is 5.97 Å². The normalized spacial score (nSPS) is 21.3. The molecule has 0 spiro atoms. The molecule has 0 aromatic rings. The molecule has 0 aliphatic carbocycles. The number of carboxylic acids is 1. The molecule has 1 saturated heterocycles. The number of carbonyl (C=O) groups is 3. The van der Waals surface area contributed by atoms with Crippen LogP contribution in [0.1, 0.15) is 19.3 Å². The van der Waals surface area contributed by atoms with Crippen molar-refractivity contribution >= 4 is 17.8 Å². The highest BCUT2D eigenvalue weighted by Crippen LogP contribution is 2.07. The Hall–Kier alpha value is -1.63. The van der Waals surface area contributed by atoms with Crippen molar-refractivity contribution in [3.05, 3.63) is 0 Å². The monoisotopic (exact) mass is 230 g/mol. The third-order valence-electron chi connectivity index (χ3n) is 2.34. The van der Waals surface area contributed by atoms with Gasteiger partial charge < -0.3 is 20.8 Å². The smallest absolute Gasteiger partial charge is 0.326 e. The zero-order valence-electron chi connectivity index (χ0n) is 8.60. The minimum Gasteiger partial charge on any atom is -0.480 e. The van der Waals surface area contributed by atoms with E-state index >= 15 is 0 Å². The van der Waals surface area contributed by atoms with E-state index in [0.717, 1.165) is 0 Å². The van der Waals surface area contributed by atoms with E-state index in [4.69, 9.17) is 10.2 Å². The van der Waals surface area contributed by atoms with E-state index in [1.807, 2.05) is 0 Å². The molecule has 0 radical (unpaired) electrons. The third-order valence-corrected chi connectivity index (χ3v) is 2.34. The molecule has 1 aliphatic rings. The van der Waals surface area contributed by atoms with E-state index in [2.05, 4.69) is 10.6 Å². The van der Waals surface area contributed by atoms with Gasteiger partial charge in [0.1, 0.15) is 12.1 Å². The first-order valence-corrected chi connectivity index (χ1v) is 4.98. The Morgan fingerprint density at radius 3 is 2.69 bits per heavy atom. The average molecular weight is 230 g/mol. The van der Waals surface area contributed by atoms with Gasteiger partial charge in [-0.1, -0.05) is 0 Å². The average Bonchev–Trinajstić information content (AvgIpc) is 2.64. The van der Waals surface area contributed by atoms with Crippen LogP contribution < -0.4 is 10.6 Å². The third kappa shape index (κ3) is 3.20. The molecule has 1 unspecified atom stereocenters. The van der Waals surface area contributed by atoms with E-state index in [1.165, 1.54) is 0 Å². The van der Waals surface area contributed by atoms with Gasteiger partial charge in [-0.15, -0.1) is 0 Å². The zero-order chi connectivity index (χ0) is 12.1. The van der Waals surface area contributed by atoms with Crippen LogP contribution in [-0.4, -0.2) is 46.7 Å². The quantitative estimate of drug-likeness (QED) is 0.445. The lowest BCUT2D eigenvalue weighted by Gasteiger charge is -2.16. The highest BCUT2D eigenvalue weighted by atomic mass is 16.4. The van der Waals surface area contributed by atoms with Crippen LogP contribution in [0.15, 0.2) is 0 Å². The van der Waals surface area contributed by atoms with Gasteiger partial charge in [-0.2, -0.15) is 0 Å². The van der Waals surface area contributed by atoms with E-state index in [-0.39, 0.29) is 25.4 Å². The Labute approximate surface area is 91.8 Å². The van der Waals surface area contributed by atoms with Gasteiger partial charge in [0.25, 0.3) is 0 Å². The predicted octanol–water partition coefficient (Wildman–Crippen LogP) is -1.78. The van der Waals surface area contributed by atoms with Crippen LogP contribution >= 0.6 is 0 Å². The molecule has 90 valence electrons. The van der Waals surface area contributed by atoms with Crippen molar-refractivity contribution in [2.45, 2.75) is 31.3 Å². The highest BCUT2D eigenvalue weighted by Gasteiger charge is 2.29. The molecular weight excluding hydrogens is 216 g/mol. The van der Waals surface area contributed by atoms with Gasteiger partial charge in [0.05, 0.1) is 0 Å². The molecule has 4 N–H and O–H groups in total. The van der Waals surface area contributed by atoms with Crippen molar-refractivity contribution in [2.75, 3.05) is 6.61 Å². The molecule has 1 fully saturated rings. The van der Waals surface area contributed by atoms with Crippen molar-refractivity contribution in [3.63, 3.8) is 0 Å². The van der Waals surface area contributed by atoms with Crippen LogP contribution in [0.2, 0.25) is 0 Å². The first-order valence-electron chi connectivity index (χ1n) is 4.98. The minimum atomic E-state index is -1.20. The van der Waals surface area contributed by atoms with Crippen LogP contribution in [0.5, 0.6) is 0 Å². The fraction of sp³-hybridized carbons (Fsp3) is 0.667. The summed E-state index contributed by atoms with van der Waals surface area (Å²) in [6.07, 6.45) is 0.591. The van der Waals surface area contributed by atoms with Gasteiger partial charge in [-0.05, 0) is 6.42 Å². The summed E-state index contributed by atoms with van der Waals surface area (Å²) >= 11 is 0. The maximum absolute atomic E-state index is 11.5. The van der Waals surface area contributed by atoms with Crippen LogP contribution in [-0.2, 0) is 14.4 Å². The molecule has 1 rings (SSSR count). The van der Waals surface area contributed by atoms with Crippen molar-refractivity contribution in [1.82, 2.24) is 10.6 Å². The largest absolute Gasteiger partial charge is 0.480 e. The standard InChI is InChI=1S/C9H14N2O5/c12-4-3-6(9(15)16)11-8(14)5-1-2-7(13)10-5/h5-6,12H,1-4H2,(H,10,13)(H,11,14)(H,15,16)/t5?,6-/m0/s1. The molecule has 0 saturated carbocycles. The maximum atomic E-state index is 11.5. The summed E-state index contributed by atoms with van der Waals surface area (Å²) in [6, 6.07) is -1.77. The molecule has 1 heterocycles. The number of rotatable bonds is 5. The Kier molecular flexibility index (Phi) is 4.24. The number of amides is 2. The summed E-state index contributed by atoms with van der Waals surface area (Å²) in [5.74, 6) is -1.94. The van der Waals surface area contributed by atoms with Crippen molar-refractivity contribution in [3.8, 4) is 0 Å². The molecule has 2 atom stereocenters. The SMILES string of the molecule is O=C1CCC(C(=O)N[C@@H](CCO)C(=O)O)N1. The number of hydrogen-bond donors (Lipinski definition) is 4. The maximum Gasteiger partial charge on any atom is 0.326 e. The molecule has 16 heavy (non-hydrogen) atoms. The molecule has 0 aromatic carbocycles. The van der Waals surface area contributed by atoms with Crippen LogP contribution in [0.25, 0.3) is 0 Å². The molecule has 7 heteroatoms. The number of carboxylic acid groups (broad SMARTS) is 1. The fourth-order valence-corrected chi connectivity index (χ4v) is 1.47. The van der Waals surface area contributed by atoms with Crippen molar-refractivity contribution < 1.29 is 24.6 Å². The zero-order valence-corrected chi connectivity index (χ0v) is 8.60. The van der Waals surface area contributed by atoms with Crippen LogP contribution in [0.4, 0.5) is 0 Å². The van der Waals surface area contributed by atoms with Crippen molar-refractivity contribution in [1.29, 1.82) is 0 Å².